The lowest BCUT2D eigenvalue weighted by molar-refractivity contribution is -0.145. The largest absolute Gasteiger partial charge is 0.468 e. The summed E-state index contributed by atoms with van der Waals surface area (Å²) in [5.74, 6) is -0.0874. The third-order valence-corrected chi connectivity index (χ3v) is 3.37. The number of carbonyl (C=O) groups excluding carboxylic acids is 1. The number of benzene rings is 1. The van der Waals surface area contributed by atoms with Crippen LogP contribution in [-0.4, -0.2) is 37.1 Å². The van der Waals surface area contributed by atoms with Crippen molar-refractivity contribution in [2.45, 2.75) is 25.3 Å². The topological polar surface area (TPSA) is 29.5 Å². The van der Waals surface area contributed by atoms with Crippen LogP contribution in [0.5, 0.6) is 0 Å². The van der Waals surface area contributed by atoms with E-state index in [0.29, 0.717) is 0 Å². The Morgan fingerprint density at radius 2 is 2.18 bits per heavy atom. The SMILES string of the molecule is COC(=O)C1CCCN1CCc1ccccc1. The Hall–Kier alpha value is -1.35. The van der Waals surface area contributed by atoms with E-state index in [9.17, 15) is 4.79 Å². The minimum Gasteiger partial charge on any atom is -0.468 e. The summed E-state index contributed by atoms with van der Waals surface area (Å²) in [6, 6.07) is 10.4. The van der Waals surface area contributed by atoms with E-state index in [-0.39, 0.29) is 12.0 Å². The van der Waals surface area contributed by atoms with Gasteiger partial charge >= 0.3 is 5.97 Å². The molecule has 3 nitrogen and oxygen atoms in total. The van der Waals surface area contributed by atoms with E-state index in [2.05, 4.69) is 29.2 Å². The van der Waals surface area contributed by atoms with E-state index in [1.54, 1.807) is 0 Å². The molecule has 1 heterocycles. The Morgan fingerprint density at radius 3 is 2.88 bits per heavy atom. The zero-order valence-electron chi connectivity index (χ0n) is 10.3. The summed E-state index contributed by atoms with van der Waals surface area (Å²) in [4.78, 5) is 13.8. The van der Waals surface area contributed by atoms with Crippen molar-refractivity contribution in [3.63, 3.8) is 0 Å². The Labute approximate surface area is 102 Å². The van der Waals surface area contributed by atoms with Crippen molar-refractivity contribution in [3.05, 3.63) is 35.9 Å². The Kier molecular flexibility index (Phi) is 4.15. The maximum atomic E-state index is 11.6. The van der Waals surface area contributed by atoms with E-state index in [1.165, 1.54) is 12.7 Å². The van der Waals surface area contributed by atoms with Crippen LogP contribution in [0, 0.1) is 0 Å². The Morgan fingerprint density at radius 1 is 1.41 bits per heavy atom. The van der Waals surface area contributed by atoms with Gasteiger partial charge in [-0.05, 0) is 31.4 Å². The van der Waals surface area contributed by atoms with Crippen molar-refractivity contribution in [1.82, 2.24) is 4.90 Å². The summed E-state index contributed by atoms with van der Waals surface area (Å²) in [5.41, 5.74) is 1.32. The first-order chi connectivity index (χ1) is 8.31. The highest BCUT2D eigenvalue weighted by Gasteiger charge is 2.30. The number of hydrogen-bond acceptors (Lipinski definition) is 3. The normalized spacial score (nSPS) is 20.4. The molecule has 0 spiro atoms. The Balaban J connectivity index is 1.88. The monoisotopic (exact) mass is 233 g/mol. The fourth-order valence-electron chi connectivity index (χ4n) is 2.41. The summed E-state index contributed by atoms with van der Waals surface area (Å²) in [5, 5.41) is 0. The summed E-state index contributed by atoms with van der Waals surface area (Å²) in [6.45, 7) is 1.94. The molecule has 0 saturated carbocycles. The van der Waals surface area contributed by atoms with Gasteiger partial charge in [0.1, 0.15) is 6.04 Å². The second-order valence-corrected chi connectivity index (χ2v) is 4.45. The van der Waals surface area contributed by atoms with Crippen LogP contribution in [0.1, 0.15) is 18.4 Å². The molecule has 1 fully saturated rings. The number of methoxy groups -OCH3 is 1. The summed E-state index contributed by atoms with van der Waals surface area (Å²) >= 11 is 0. The van der Waals surface area contributed by atoms with E-state index in [0.717, 1.165) is 32.4 Å². The van der Waals surface area contributed by atoms with E-state index in [1.807, 2.05) is 6.07 Å². The highest BCUT2D eigenvalue weighted by atomic mass is 16.5. The Bertz CT molecular complexity index is 364. The molecule has 3 heteroatoms. The number of rotatable bonds is 4. The van der Waals surface area contributed by atoms with Crippen LogP contribution in [0.15, 0.2) is 30.3 Å². The molecule has 0 bridgehead atoms. The fraction of sp³-hybridized carbons (Fsp3) is 0.500. The number of nitrogens with zero attached hydrogens (tertiary/aromatic N) is 1. The number of ether oxygens (including phenoxy) is 1. The van der Waals surface area contributed by atoms with Crippen molar-refractivity contribution in [2.75, 3.05) is 20.2 Å². The molecule has 1 aliphatic rings. The highest BCUT2D eigenvalue weighted by molar-refractivity contribution is 5.75. The van der Waals surface area contributed by atoms with Crippen LogP contribution in [-0.2, 0) is 16.0 Å². The quantitative estimate of drug-likeness (QED) is 0.743. The van der Waals surface area contributed by atoms with E-state index in [4.69, 9.17) is 4.74 Å². The van der Waals surface area contributed by atoms with Gasteiger partial charge in [0.15, 0.2) is 0 Å². The van der Waals surface area contributed by atoms with Crippen LogP contribution < -0.4 is 0 Å². The van der Waals surface area contributed by atoms with Gasteiger partial charge in [-0.1, -0.05) is 30.3 Å². The smallest absolute Gasteiger partial charge is 0.323 e. The first-order valence-corrected chi connectivity index (χ1v) is 6.17. The average Bonchev–Trinajstić information content (AvgIpc) is 2.85. The maximum Gasteiger partial charge on any atom is 0.323 e. The molecular formula is C14H19NO2. The number of esters is 1. The lowest BCUT2D eigenvalue weighted by Gasteiger charge is -2.22. The van der Waals surface area contributed by atoms with Gasteiger partial charge in [0, 0.05) is 6.54 Å². The number of hydrogen-bond donors (Lipinski definition) is 0. The van der Waals surface area contributed by atoms with Crippen LogP contribution in [0.4, 0.5) is 0 Å². The predicted octanol–water partition coefficient (Wildman–Crippen LogP) is 1.87. The lowest BCUT2D eigenvalue weighted by Crippen LogP contribution is -2.38. The van der Waals surface area contributed by atoms with Gasteiger partial charge < -0.3 is 4.74 Å². The number of likely N-dealkylation sites (tertiary alicyclic amines) is 1. The summed E-state index contributed by atoms with van der Waals surface area (Å²) in [7, 11) is 1.47. The van der Waals surface area contributed by atoms with Gasteiger partial charge in [0.05, 0.1) is 7.11 Å². The second kappa shape index (κ2) is 5.82. The zero-order chi connectivity index (χ0) is 12.1. The third kappa shape index (κ3) is 3.07. The molecule has 1 atom stereocenters. The number of carbonyl (C=O) groups is 1. The third-order valence-electron chi connectivity index (χ3n) is 3.37. The molecule has 0 radical (unpaired) electrons. The van der Waals surface area contributed by atoms with Crippen molar-refractivity contribution in [2.24, 2.45) is 0 Å². The molecule has 1 aliphatic heterocycles. The minimum absolute atomic E-state index is 0.0243. The molecule has 0 amide bonds. The molecular weight excluding hydrogens is 214 g/mol. The molecule has 92 valence electrons. The van der Waals surface area contributed by atoms with Crippen molar-refractivity contribution in [1.29, 1.82) is 0 Å². The summed E-state index contributed by atoms with van der Waals surface area (Å²) < 4.78 is 4.84. The molecule has 1 aromatic carbocycles. The van der Waals surface area contributed by atoms with Gasteiger partial charge in [-0.25, -0.2) is 0 Å². The van der Waals surface area contributed by atoms with Gasteiger partial charge in [-0.15, -0.1) is 0 Å². The van der Waals surface area contributed by atoms with Gasteiger partial charge in [-0.2, -0.15) is 0 Å². The first kappa shape index (κ1) is 12.1. The van der Waals surface area contributed by atoms with Crippen LogP contribution in [0.2, 0.25) is 0 Å². The molecule has 0 N–H and O–H groups in total. The fourth-order valence-corrected chi connectivity index (χ4v) is 2.41. The van der Waals surface area contributed by atoms with Crippen LogP contribution >= 0.6 is 0 Å². The van der Waals surface area contributed by atoms with Gasteiger partial charge in [-0.3, -0.25) is 9.69 Å². The molecule has 1 aromatic rings. The van der Waals surface area contributed by atoms with Gasteiger partial charge in [0.2, 0.25) is 0 Å². The van der Waals surface area contributed by atoms with Crippen molar-refractivity contribution in [3.8, 4) is 0 Å². The van der Waals surface area contributed by atoms with Crippen molar-refractivity contribution < 1.29 is 9.53 Å². The van der Waals surface area contributed by atoms with E-state index < -0.39 is 0 Å². The molecule has 17 heavy (non-hydrogen) atoms. The maximum absolute atomic E-state index is 11.6. The van der Waals surface area contributed by atoms with Gasteiger partial charge in [0.25, 0.3) is 0 Å². The van der Waals surface area contributed by atoms with Crippen molar-refractivity contribution >= 4 is 5.97 Å². The predicted molar refractivity (Wildman–Crippen MR) is 66.8 cm³/mol. The average molecular weight is 233 g/mol. The minimum atomic E-state index is -0.0874. The first-order valence-electron chi connectivity index (χ1n) is 6.17. The molecule has 0 aromatic heterocycles. The van der Waals surface area contributed by atoms with E-state index >= 15 is 0 Å². The molecule has 1 unspecified atom stereocenters. The lowest BCUT2D eigenvalue weighted by atomic mass is 10.1. The molecule has 1 saturated heterocycles. The molecule has 2 rings (SSSR count). The summed E-state index contributed by atoms with van der Waals surface area (Å²) in [6.07, 6.45) is 3.02. The molecule has 0 aliphatic carbocycles. The highest BCUT2D eigenvalue weighted by Crippen LogP contribution is 2.18. The van der Waals surface area contributed by atoms with Crippen LogP contribution in [0.3, 0.4) is 0 Å². The second-order valence-electron chi connectivity index (χ2n) is 4.45. The van der Waals surface area contributed by atoms with Crippen LogP contribution in [0.25, 0.3) is 0 Å². The zero-order valence-corrected chi connectivity index (χ0v) is 10.3. The standard InChI is InChI=1S/C14H19NO2/c1-17-14(16)13-8-5-10-15(13)11-9-12-6-3-2-4-7-12/h2-4,6-7,13H,5,8-11H2,1H3.